The van der Waals surface area contributed by atoms with Gasteiger partial charge in [-0.3, -0.25) is 0 Å². The molecule has 0 unspecified atom stereocenters. The molecule has 4 nitrogen and oxygen atoms in total. The van der Waals surface area contributed by atoms with Crippen LogP contribution in [0.4, 0.5) is 11.8 Å². The van der Waals surface area contributed by atoms with Gasteiger partial charge in [0, 0.05) is 19.3 Å². The Kier molecular flexibility index (Phi) is 3.93. The molecular formula is C12H16N4S. The van der Waals surface area contributed by atoms with E-state index in [9.17, 15) is 0 Å². The lowest BCUT2D eigenvalue weighted by Crippen LogP contribution is -2.06. The van der Waals surface area contributed by atoms with Gasteiger partial charge in [0.1, 0.15) is 5.82 Å². The first-order chi connectivity index (χ1) is 8.29. The predicted molar refractivity (Wildman–Crippen MR) is 72.6 cm³/mol. The maximum atomic E-state index is 4.36. The van der Waals surface area contributed by atoms with Crippen molar-refractivity contribution in [3.63, 3.8) is 0 Å². The number of hydrogen-bond donors (Lipinski definition) is 2. The van der Waals surface area contributed by atoms with Gasteiger partial charge in [0.15, 0.2) is 0 Å². The Hall–Kier alpha value is -1.62. The SMILES string of the molecule is CCNc1nccc(NCc2cscc2C)n1. The molecule has 2 heterocycles. The van der Waals surface area contributed by atoms with Crippen LogP contribution in [0, 0.1) is 6.92 Å². The zero-order valence-electron chi connectivity index (χ0n) is 10.0. The van der Waals surface area contributed by atoms with Crippen LogP contribution < -0.4 is 10.6 Å². The van der Waals surface area contributed by atoms with E-state index < -0.39 is 0 Å². The van der Waals surface area contributed by atoms with Crippen LogP contribution in [0.1, 0.15) is 18.1 Å². The van der Waals surface area contributed by atoms with E-state index in [0.717, 1.165) is 18.9 Å². The van der Waals surface area contributed by atoms with E-state index in [1.54, 1.807) is 17.5 Å². The van der Waals surface area contributed by atoms with Gasteiger partial charge in [0.25, 0.3) is 0 Å². The van der Waals surface area contributed by atoms with Crippen molar-refractivity contribution in [2.45, 2.75) is 20.4 Å². The number of anilines is 2. The molecule has 2 aromatic rings. The van der Waals surface area contributed by atoms with Crippen molar-refractivity contribution >= 4 is 23.1 Å². The van der Waals surface area contributed by atoms with Crippen molar-refractivity contribution in [1.82, 2.24) is 9.97 Å². The van der Waals surface area contributed by atoms with Gasteiger partial charge in [0.05, 0.1) is 0 Å². The van der Waals surface area contributed by atoms with Crippen LogP contribution in [0.2, 0.25) is 0 Å². The van der Waals surface area contributed by atoms with Crippen LogP contribution in [-0.4, -0.2) is 16.5 Å². The second-order valence-electron chi connectivity index (χ2n) is 3.73. The number of nitrogens with one attached hydrogen (secondary N) is 2. The average Bonchev–Trinajstić information content (AvgIpc) is 2.73. The normalized spacial score (nSPS) is 10.2. The number of nitrogens with zero attached hydrogens (tertiary/aromatic N) is 2. The second kappa shape index (κ2) is 5.63. The van der Waals surface area contributed by atoms with Crippen molar-refractivity contribution in [2.75, 3.05) is 17.2 Å². The molecule has 2 aromatic heterocycles. The maximum absolute atomic E-state index is 4.36. The summed E-state index contributed by atoms with van der Waals surface area (Å²) in [6.07, 6.45) is 1.76. The molecule has 0 bridgehead atoms. The number of rotatable bonds is 5. The molecule has 5 heteroatoms. The lowest BCUT2D eigenvalue weighted by Gasteiger charge is -2.07. The van der Waals surface area contributed by atoms with E-state index in [4.69, 9.17) is 0 Å². The molecule has 0 fully saturated rings. The van der Waals surface area contributed by atoms with Crippen LogP contribution in [-0.2, 0) is 6.54 Å². The molecule has 0 spiro atoms. The molecular weight excluding hydrogens is 232 g/mol. The first-order valence-electron chi connectivity index (χ1n) is 5.62. The fourth-order valence-corrected chi connectivity index (χ4v) is 2.31. The highest BCUT2D eigenvalue weighted by molar-refractivity contribution is 7.08. The van der Waals surface area contributed by atoms with Gasteiger partial charge in [0.2, 0.25) is 5.95 Å². The van der Waals surface area contributed by atoms with E-state index in [1.807, 2.05) is 13.0 Å². The van der Waals surface area contributed by atoms with Crippen molar-refractivity contribution in [2.24, 2.45) is 0 Å². The molecule has 0 atom stereocenters. The van der Waals surface area contributed by atoms with Crippen molar-refractivity contribution < 1.29 is 0 Å². The largest absolute Gasteiger partial charge is 0.366 e. The number of aryl methyl sites for hydroxylation is 1. The lowest BCUT2D eigenvalue weighted by molar-refractivity contribution is 1.05. The third-order valence-electron chi connectivity index (χ3n) is 2.41. The number of hydrogen-bond acceptors (Lipinski definition) is 5. The highest BCUT2D eigenvalue weighted by atomic mass is 32.1. The fourth-order valence-electron chi connectivity index (χ4n) is 1.45. The third-order valence-corrected chi connectivity index (χ3v) is 3.32. The minimum absolute atomic E-state index is 0.666. The summed E-state index contributed by atoms with van der Waals surface area (Å²) in [7, 11) is 0. The average molecular weight is 248 g/mol. The summed E-state index contributed by atoms with van der Waals surface area (Å²) >= 11 is 1.73. The quantitative estimate of drug-likeness (QED) is 0.854. The summed E-state index contributed by atoms with van der Waals surface area (Å²) in [5, 5.41) is 10.7. The highest BCUT2D eigenvalue weighted by Gasteiger charge is 2.01. The van der Waals surface area contributed by atoms with Crippen LogP contribution in [0.3, 0.4) is 0 Å². The Morgan fingerprint density at radius 1 is 1.29 bits per heavy atom. The van der Waals surface area contributed by atoms with Crippen molar-refractivity contribution in [1.29, 1.82) is 0 Å². The zero-order chi connectivity index (χ0) is 12.1. The van der Waals surface area contributed by atoms with E-state index in [1.165, 1.54) is 11.1 Å². The fraction of sp³-hybridized carbons (Fsp3) is 0.333. The summed E-state index contributed by atoms with van der Waals surface area (Å²) in [6.45, 7) is 5.78. The van der Waals surface area contributed by atoms with Crippen molar-refractivity contribution in [3.05, 3.63) is 34.2 Å². The van der Waals surface area contributed by atoms with Gasteiger partial charge in [-0.15, -0.1) is 0 Å². The number of thiophene rings is 1. The Balaban J connectivity index is 1.99. The molecule has 17 heavy (non-hydrogen) atoms. The first-order valence-corrected chi connectivity index (χ1v) is 6.56. The summed E-state index contributed by atoms with van der Waals surface area (Å²) in [5.74, 6) is 1.51. The number of aromatic nitrogens is 2. The van der Waals surface area contributed by atoms with E-state index in [-0.39, 0.29) is 0 Å². The molecule has 0 aliphatic heterocycles. The van der Waals surface area contributed by atoms with E-state index >= 15 is 0 Å². The Morgan fingerprint density at radius 3 is 2.88 bits per heavy atom. The minimum atomic E-state index is 0.666. The summed E-state index contributed by atoms with van der Waals surface area (Å²) in [6, 6.07) is 1.88. The van der Waals surface area contributed by atoms with Gasteiger partial charge in [-0.2, -0.15) is 16.3 Å². The predicted octanol–water partition coefficient (Wildman–Crippen LogP) is 2.89. The molecule has 0 amide bonds. The highest BCUT2D eigenvalue weighted by Crippen LogP contribution is 2.15. The van der Waals surface area contributed by atoms with E-state index in [0.29, 0.717) is 5.95 Å². The Labute approximate surface area is 105 Å². The third kappa shape index (κ3) is 3.17. The molecule has 0 radical (unpaired) electrons. The minimum Gasteiger partial charge on any atom is -0.366 e. The first kappa shape index (κ1) is 11.9. The van der Waals surface area contributed by atoms with E-state index in [2.05, 4.69) is 38.3 Å². The molecule has 0 saturated carbocycles. The smallest absolute Gasteiger partial charge is 0.224 e. The molecule has 0 aliphatic rings. The Bertz CT molecular complexity index is 481. The molecule has 0 aliphatic carbocycles. The van der Waals surface area contributed by atoms with Gasteiger partial charge < -0.3 is 10.6 Å². The standard InChI is InChI=1S/C12H16N4S/c1-3-13-12-14-5-4-11(16-12)15-6-10-8-17-7-9(10)2/h4-5,7-8H,3,6H2,1-2H3,(H2,13,14,15,16). The second-order valence-corrected chi connectivity index (χ2v) is 4.47. The van der Waals surface area contributed by atoms with Gasteiger partial charge in [-0.25, -0.2) is 4.98 Å². The molecule has 2 rings (SSSR count). The van der Waals surface area contributed by atoms with Crippen molar-refractivity contribution in [3.8, 4) is 0 Å². The van der Waals surface area contributed by atoms with Gasteiger partial charge in [-0.05, 0) is 41.8 Å². The van der Waals surface area contributed by atoms with Crippen LogP contribution >= 0.6 is 11.3 Å². The summed E-state index contributed by atoms with van der Waals surface area (Å²) in [5.41, 5.74) is 2.64. The van der Waals surface area contributed by atoms with Crippen LogP contribution in [0.5, 0.6) is 0 Å². The van der Waals surface area contributed by atoms with Gasteiger partial charge >= 0.3 is 0 Å². The summed E-state index contributed by atoms with van der Waals surface area (Å²) in [4.78, 5) is 8.49. The molecule has 90 valence electrons. The van der Waals surface area contributed by atoms with Crippen LogP contribution in [0.15, 0.2) is 23.0 Å². The maximum Gasteiger partial charge on any atom is 0.224 e. The molecule has 0 saturated heterocycles. The topological polar surface area (TPSA) is 49.8 Å². The molecule has 0 aromatic carbocycles. The molecule has 2 N–H and O–H groups in total. The van der Waals surface area contributed by atoms with Gasteiger partial charge in [-0.1, -0.05) is 0 Å². The van der Waals surface area contributed by atoms with Crippen LogP contribution in [0.25, 0.3) is 0 Å². The lowest BCUT2D eigenvalue weighted by atomic mass is 10.2. The zero-order valence-corrected chi connectivity index (χ0v) is 10.8. The Morgan fingerprint density at radius 2 is 2.18 bits per heavy atom. The monoisotopic (exact) mass is 248 g/mol. The summed E-state index contributed by atoms with van der Waals surface area (Å²) < 4.78 is 0.